The molecule has 0 saturated carbocycles. The summed E-state index contributed by atoms with van der Waals surface area (Å²) < 4.78 is 1.95. The van der Waals surface area contributed by atoms with Crippen LogP contribution in [0, 0.1) is 0 Å². The number of benzene rings is 3. The van der Waals surface area contributed by atoms with Crippen molar-refractivity contribution in [1.82, 2.24) is 14.8 Å². The van der Waals surface area contributed by atoms with Crippen molar-refractivity contribution in [2.24, 2.45) is 0 Å². The Morgan fingerprint density at radius 3 is 2.30 bits per heavy atom. The number of para-hydroxylation sites is 1. The Hall–Kier alpha value is -2.80. The Bertz CT molecular complexity index is 1170. The molecule has 8 heteroatoms. The van der Waals surface area contributed by atoms with Gasteiger partial charge in [0.25, 0.3) is 0 Å². The topological polar surface area (TPSA) is 59.8 Å². The molecule has 1 amide bonds. The molecule has 0 saturated heterocycles. The van der Waals surface area contributed by atoms with Crippen molar-refractivity contribution in [2.45, 2.75) is 5.16 Å². The van der Waals surface area contributed by atoms with Gasteiger partial charge in [0.1, 0.15) is 0 Å². The fourth-order valence-corrected chi connectivity index (χ4v) is 3.90. The number of halogens is 2. The van der Waals surface area contributed by atoms with Gasteiger partial charge in [-0.1, -0.05) is 83.5 Å². The molecule has 1 aromatic heterocycles. The standard InChI is InChI=1S/C22H16Cl2N4OS/c23-18-12-11-16(13-19(18)24)25-20(29)14-30-22-27-26-21(15-7-3-1-4-8-15)28(22)17-9-5-2-6-10-17/h1-13H,14H2,(H,25,29). The van der Waals surface area contributed by atoms with Gasteiger partial charge in [-0.2, -0.15) is 0 Å². The predicted octanol–water partition coefficient (Wildman–Crippen LogP) is 5.97. The zero-order chi connectivity index (χ0) is 20.9. The zero-order valence-electron chi connectivity index (χ0n) is 15.6. The molecule has 4 aromatic rings. The van der Waals surface area contributed by atoms with Crippen molar-refractivity contribution < 1.29 is 4.79 Å². The number of hydrogen-bond donors (Lipinski definition) is 1. The fraction of sp³-hybridized carbons (Fsp3) is 0.0455. The molecule has 0 spiro atoms. The summed E-state index contributed by atoms with van der Waals surface area (Å²) in [4.78, 5) is 12.4. The Kier molecular flexibility index (Phi) is 6.38. The van der Waals surface area contributed by atoms with E-state index in [9.17, 15) is 4.79 Å². The van der Waals surface area contributed by atoms with Crippen LogP contribution >= 0.6 is 35.0 Å². The molecule has 150 valence electrons. The van der Waals surface area contributed by atoms with E-state index < -0.39 is 0 Å². The summed E-state index contributed by atoms with van der Waals surface area (Å²) in [6.45, 7) is 0. The maximum absolute atomic E-state index is 12.4. The van der Waals surface area contributed by atoms with Crippen LogP contribution in [0.4, 0.5) is 5.69 Å². The highest BCUT2D eigenvalue weighted by Crippen LogP contribution is 2.28. The summed E-state index contributed by atoms with van der Waals surface area (Å²) in [5.74, 6) is 0.705. The SMILES string of the molecule is O=C(CSc1nnc(-c2ccccc2)n1-c1ccccc1)Nc1ccc(Cl)c(Cl)c1. The smallest absolute Gasteiger partial charge is 0.234 e. The van der Waals surface area contributed by atoms with E-state index in [0.717, 1.165) is 11.3 Å². The van der Waals surface area contributed by atoms with E-state index in [1.807, 2.05) is 65.2 Å². The number of carbonyl (C=O) groups is 1. The van der Waals surface area contributed by atoms with Gasteiger partial charge in [-0.25, -0.2) is 0 Å². The Labute approximate surface area is 188 Å². The lowest BCUT2D eigenvalue weighted by molar-refractivity contribution is -0.113. The number of rotatable bonds is 6. The van der Waals surface area contributed by atoms with Gasteiger partial charge < -0.3 is 5.32 Å². The summed E-state index contributed by atoms with van der Waals surface area (Å²) in [7, 11) is 0. The molecule has 0 aliphatic heterocycles. The summed E-state index contributed by atoms with van der Waals surface area (Å²) in [5.41, 5.74) is 2.46. The summed E-state index contributed by atoms with van der Waals surface area (Å²) >= 11 is 13.2. The van der Waals surface area contributed by atoms with Crippen LogP contribution < -0.4 is 5.32 Å². The van der Waals surface area contributed by atoms with E-state index in [1.165, 1.54) is 11.8 Å². The molecule has 30 heavy (non-hydrogen) atoms. The van der Waals surface area contributed by atoms with Crippen molar-refractivity contribution in [3.63, 3.8) is 0 Å². The lowest BCUT2D eigenvalue weighted by Gasteiger charge is -2.10. The van der Waals surface area contributed by atoms with Gasteiger partial charge in [-0.3, -0.25) is 9.36 Å². The van der Waals surface area contributed by atoms with Gasteiger partial charge in [-0.05, 0) is 30.3 Å². The second-order valence-electron chi connectivity index (χ2n) is 6.31. The molecule has 0 aliphatic rings. The van der Waals surface area contributed by atoms with E-state index in [-0.39, 0.29) is 11.7 Å². The molecular weight excluding hydrogens is 439 g/mol. The first kappa shape index (κ1) is 20.5. The minimum atomic E-state index is -0.178. The van der Waals surface area contributed by atoms with Crippen LogP contribution in [0.5, 0.6) is 0 Å². The monoisotopic (exact) mass is 454 g/mol. The number of anilines is 1. The van der Waals surface area contributed by atoms with Crippen LogP contribution in [-0.4, -0.2) is 26.4 Å². The molecule has 3 aromatic carbocycles. The number of amides is 1. The number of aromatic nitrogens is 3. The number of carbonyl (C=O) groups excluding carboxylic acids is 1. The molecular formula is C22H16Cl2N4OS. The first-order valence-corrected chi connectivity index (χ1v) is 10.8. The maximum atomic E-state index is 12.4. The quantitative estimate of drug-likeness (QED) is 0.364. The van der Waals surface area contributed by atoms with Gasteiger partial charge in [0.15, 0.2) is 11.0 Å². The predicted molar refractivity (Wildman–Crippen MR) is 123 cm³/mol. The van der Waals surface area contributed by atoms with Crippen LogP contribution in [0.15, 0.2) is 84.0 Å². The maximum Gasteiger partial charge on any atom is 0.234 e. The Morgan fingerprint density at radius 1 is 0.900 bits per heavy atom. The fourth-order valence-electron chi connectivity index (χ4n) is 2.85. The number of nitrogens with zero attached hydrogens (tertiary/aromatic N) is 3. The molecule has 0 atom stereocenters. The Morgan fingerprint density at radius 2 is 1.60 bits per heavy atom. The van der Waals surface area contributed by atoms with Crippen LogP contribution in [0.3, 0.4) is 0 Å². The highest BCUT2D eigenvalue weighted by atomic mass is 35.5. The Balaban J connectivity index is 1.56. The zero-order valence-corrected chi connectivity index (χ0v) is 18.0. The van der Waals surface area contributed by atoms with Gasteiger partial charge >= 0.3 is 0 Å². The molecule has 1 N–H and O–H groups in total. The molecule has 0 radical (unpaired) electrons. The van der Waals surface area contributed by atoms with Gasteiger partial charge in [0.2, 0.25) is 5.91 Å². The van der Waals surface area contributed by atoms with Crippen molar-refractivity contribution in [3.05, 3.63) is 88.9 Å². The minimum Gasteiger partial charge on any atom is -0.325 e. The number of hydrogen-bond acceptors (Lipinski definition) is 4. The van der Waals surface area contributed by atoms with Gasteiger partial charge in [0, 0.05) is 16.9 Å². The van der Waals surface area contributed by atoms with E-state index >= 15 is 0 Å². The molecule has 0 fully saturated rings. The van der Waals surface area contributed by atoms with Crippen molar-refractivity contribution >= 4 is 46.6 Å². The van der Waals surface area contributed by atoms with E-state index in [2.05, 4.69) is 15.5 Å². The number of thioether (sulfide) groups is 1. The molecule has 1 heterocycles. The minimum absolute atomic E-state index is 0.167. The van der Waals surface area contributed by atoms with Crippen molar-refractivity contribution in [3.8, 4) is 17.1 Å². The van der Waals surface area contributed by atoms with Crippen LogP contribution in [-0.2, 0) is 4.79 Å². The second-order valence-corrected chi connectivity index (χ2v) is 8.07. The van der Waals surface area contributed by atoms with Crippen LogP contribution in [0.25, 0.3) is 17.1 Å². The van der Waals surface area contributed by atoms with E-state index in [1.54, 1.807) is 18.2 Å². The van der Waals surface area contributed by atoms with Gasteiger partial charge in [0.05, 0.1) is 15.8 Å². The summed E-state index contributed by atoms with van der Waals surface area (Å²) in [6.07, 6.45) is 0. The average molecular weight is 455 g/mol. The molecule has 0 unspecified atom stereocenters. The van der Waals surface area contributed by atoms with Crippen LogP contribution in [0.2, 0.25) is 10.0 Å². The molecule has 5 nitrogen and oxygen atoms in total. The molecule has 4 rings (SSSR count). The summed E-state index contributed by atoms with van der Waals surface area (Å²) in [6, 6.07) is 24.6. The normalized spacial score (nSPS) is 10.7. The van der Waals surface area contributed by atoms with Crippen molar-refractivity contribution in [2.75, 3.05) is 11.1 Å². The third-order valence-electron chi connectivity index (χ3n) is 4.22. The average Bonchev–Trinajstić information content (AvgIpc) is 3.20. The number of nitrogens with one attached hydrogen (secondary N) is 1. The third kappa shape index (κ3) is 4.67. The highest BCUT2D eigenvalue weighted by Gasteiger charge is 2.17. The lowest BCUT2D eigenvalue weighted by Crippen LogP contribution is -2.14. The van der Waals surface area contributed by atoms with E-state index in [4.69, 9.17) is 23.2 Å². The lowest BCUT2D eigenvalue weighted by atomic mass is 10.2. The molecule has 0 bridgehead atoms. The second kappa shape index (κ2) is 9.34. The molecule has 0 aliphatic carbocycles. The van der Waals surface area contributed by atoms with Crippen LogP contribution in [0.1, 0.15) is 0 Å². The summed E-state index contributed by atoms with van der Waals surface area (Å²) in [5, 5.41) is 13.0. The first-order valence-electron chi connectivity index (χ1n) is 9.06. The van der Waals surface area contributed by atoms with E-state index in [0.29, 0.717) is 26.7 Å². The highest BCUT2D eigenvalue weighted by molar-refractivity contribution is 7.99. The van der Waals surface area contributed by atoms with Crippen molar-refractivity contribution in [1.29, 1.82) is 0 Å². The largest absolute Gasteiger partial charge is 0.325 e. The third-order valence-corrected chi connectivity index (χ3v) is 5.88. The first-order chi connectivity index (χ1) is 14.6. The van der Waals surface area contributed by atoms with Gasteiger partial charge in [-0.15, -0.1) is 10.2 Å².